The third kappa shape index (κ3) is 6.20. The van der Waals surface area contributed by atoms with Crippen LogP contribution in [0.3, 0.4) is 0 Å². The smallest absolute Gasteiger partial charge is 0.330 e. The molecule has 29 heavy (non-hydrogen) atoms. The number of nitrogens with two attached hydrogens (primary N) is 1. The quantitative estimate of drug-likeness (QED) is 0.556. The summed E-state index contributed by atoms with van der Waals surface area (Å²) >= 11 is 0. The van der Waals surface area contributed by atoms with Gasteiger partial charge in [-0.25, -0.2) is 4.79 Å². The summed E-state index contributed by atoms with van der Waals surface area (Å²) in [6, 6.07) is 3.37. The van der Waals surface area contributed by atoms with Crippen LogP contribution < -0.4 is 27.2 Å². The van der Waals surface area contributed by atoms with E-state index in [9.17, 15) is 14.4 Å². The van der Waals surface area contributed by atoms with Gasteiger partial charge in [0.1, 0.15) is 11.5 Å². The fraction of sp³-hybridized carbons (Fsp3) is 0.500. The topological polar surface area (TPSA) is 126 Å². The Hall–Kier alpha value is -3.10. The van der Waals surface area contributed by atoms with Crippen molar-refractivity contribution in [1.29, 1.82) is 0 Å². The molecule has 0 unspecified atom stereocenters. The van der Waals surface area contributed by atoms with Crippen molar-refractivity contribution in [2.45, 2.75) is 46.6 Å². The van der Waals surface area contributed by atoms with Crippen molar-refractivity contribution < 1.29 is 4.79 Å². The van der Waals surface area contributed by atoms with E-state index in [1.54, 1.807) is 29.4 Å². The zero-order valence-electron chi connectivity index (χ0n) is 17.3. The van der Waals surface area contributed by atoms with Crippen molar-refractivity contribution in [3.63, 3.8) is 0 Å². The third-order valence-electron chi connectivity index (χ3n) is 4.54. The summed E-state index contributed by atoms with van der Waals surface area (Å²) in [5.74, 6) is 0.171. The summed E-state index contributed by atoms with van der Waals surface area (Å²) in [6.07, 6.45) is 5.56. The molecule has 0 fully saturated rings. The lowest BCUT2D eigenvalue weighted by atomic mass is 10.1. The van der Waals surface area contributed by atoms with Gasteiger partial charge >= 0.3 is 5.69 Å². The molecule has 2 heterocycles. The number of anilines is 3. The van der Waals surface area contributed by atoms with E-state index in [-0.39, 0.29) is 24.0 Å². The van der Waals surface area contributed by atoms with E-state index in [2.05, 4.69) is 29.1 Å². The Morgan fingerprint density at radius 2 is 2.00 bits per heavy atom. The number of pyridine rings is 1. The number of aromatic nitrogens is 3. The number of nitrogens with one attached hydrogen (secondary N) is 2. The van der Waals surface area contributed by atoms with Crippen LogP contribution in [0, 0.1) is 5.92 Å². The van der Waals surface area contributed by atoms with Gasteiger partial charge in [0.05, 0.1) is 6.54 Å². The van der Waals surface area contributed by atoms with Crippen molar-refractivity contribution >= 4 is 23.1 Å². The first kappa shape index (κ1) is 22.2. The molecule has 2 aromatic heterocycles. The van der Waals surface area contributed by atoms with Gasteiger partial charge in [-0.15, -0.1) is 0 Å². The summed E-state index contributed by atoms with van der Waals surface area (Å²) in [5.41, 5.74) is 5.88. The zero-order chi connectivity index (χ0) is 21.4. The number of hydrogen-bond acceptors (Lipinski definition) is 6. The van der Waals surface area contributed by atoms with Gasteiger partial charge < -0.3 is 16.0 Å². The van der Waals surface area contributed by atoms with Crippen LogP contribution in [0.1, 0.15) is 40.0 Å². The molecule has 4 N–H and O–H groups in total. The lowest BCUT2D eigenvalue weighted by Crippen LogP contribution is -2.42. The lowest BCUT2D eigenvalue weighted by molar-refractivity contribution is -0.115. The molecule has 2 aromatic rings. The van der Waals surface area contributed by atoms with Gasteiger partial charge in [-0.2, -0.15) is 0 Å². The van der Waals surface area contributed by atoms with Gasteiger partial charge in [-0.1, -0.05) is 27.2 Å². The number of H-pyrrole nitrogens is 1. The van der Waals surface area contributed by atoms with Gasteiger partial charge in [-0.05, 0) is 30.9 Å². The van der Waals surface area contributed by atoms with Gasteiger partial charge in [0.15, 0.2) is 0 Å². The molecule has 2 rings (SSSR count). The summed E-state index contributed by atoms with van der Waals surface area (Å²) in [7, 11) is 0. The van der Waals surface area contributed by atoms with E-state index < -0.39 is 11.2 Å². The van der Waals surface area contributed by atoms with Crippen LogP contribution in [0.5, 0.6) is 0 Å². The highest BCUT2D eigenvalue weighted by Crippen LogP contribution is 2.19. The highest BCUT2D eigenvalue weighted by Gasteiger charge is 2.21. The number of amides is 1. The Balaban J connectivity index is 2.34. The van der Waals surface area contributed by atoms with E-state index in [1.807, 2.05) is 6.92 Å². The highest BCUT2D eigenvalue weighted by molar-refractivity contribution is 5.94. The molecule has 0 saturated heterocycles. The fourth-order valence-corrected chi connectivity index (χ4v) is 2.91. The molecule has 0 aliphatic heterocycles. The number of unbranched alkanes of at least 4 members (excludes halogenated alkanes) is 1. The highest BCUT2D eigenvalue weighted by atomic mass is 16.2. The van der Waals surface area contributed by atoms with Gasteiger partial charge in [0.2, 0.25) is 5.91 Å². The van der Waals surface area contributed by atoms with E-state index >= 15 is 0 Å². The lowest BCUT2D eigenvalue weighted by Gasteiger charge is -2.26. The van der Waals surface area contributed by atoms with E-state index in [0.717, 1.165) is 19.3 Å². The van der Waals surface area contributed by atoms with Gasteiger partial charge in [0, 0.05) is 31.2 Å². The first-order valence-electron chi connectivity index (χ1n) is 9.90. The first-order chi connectivity index (χ1) is 13.8. The molecular weight excluding hydrogens is 372 g/mol. The molecule has 9 heteroatoms. The Kier molecular flexibility index (Phi) is 7.99. The molecule has 158 valence electrons. The van der Waals surface area contributed by atoms with Crippen LogP contribution in [0.4, 0.5) is 17.2 Å². The van der Waals surface area contributed by atoms with Crippen molar-refractivity contribution in [3.8, 4) is 0 Å². The molecule has 0 spiro atoms. The Bertz CT molecular complexity index is 920. The average Bonchev–Trinajstić information content (AvgIpc) is 2.66. The van der Waals surface area contributed by atoms with Gasteiger partial charge in [0.25, 0.3) is 5.56 Å². The number of nitrogens with zero attached hydrogens (tertiary/aromatic N) is 3. The largest absolute Gasteiger partial charge is 0.383 e. The van der Waals surface area contributed by atoms with Gasteiger partial charge in [-0.3, -0.25) is 24.1 Å². The van der Waals surface area contributed by atoms with Crippen molar-refractivity contribution in [1.82, 2.24) is 14.5 Å². The Morgan fingerprint density at radius 3 is 2.62 bits per heavy atom. The minimum atomic E-state index is -0.583. The Labute approximate surface area is 170 Å². The van der Waals surface area contributed by atoms with Crippen LogP contribution in [-0.4, -0.2) is 33.5 Å². The normalized spacial score (nSPS) is 10.9. The summed E-state index contributed by atoms with van der Waals surface area (Å²) in [4.78, 5) is 45.3. The third-order valence-corrected chi connectivity index (χ3v) is 4.54. The number of rotatable bonds is 10. The van der Waals surface area contributed by atoms with Crippen molar-refractivity contribution in [2.75, 3.05) is 29.0 Å². The molecule has 0 atom stereocenters. The molecule has 0 aliphatic carbocycles. The molecule has 9 nitrogen and oxygen atoms in total. The minimum absolute atomic E-state index is 0.0612. The summed E-state index contributed by atoms with van der Waals surface area (Å²) in [5, 5.41) is 2.79. The maximum Gasteiger partial charge on any atom is 0.330 e. The average molecular weight is 402 g/mol. The Morgan fingerprint density at radius 1 is 1.31 bits per heavy atom. The molecule has 1 amide bonds. The fourth-order valence-electron chi connectivity index (χ4n) is 2.91. The van der Waals surface area contributed by atoms with E-state index in [0.29, 0.717) is 24.7 Å². The van der Waals surface area contributed by atoms with Crippen LogP contribution in [0.25, 0.3) is 0 Å². The second kappa shape index (κ2) is 10.4. The number of aromatic amines is 1. The van der Waals surface area contributed by atoms with E-state index in [4.69, 9.17) is 5.73 Å². The number of carbonyl (C=O) groups is 1. The maximum absolute atomic E-state index is 12.6. The monoisotopic (exact) mass is 402 g/mol. The molecule has 0 saturated carbocycles. The van der Waals surface area contributed by atoms with E-state index in [1.165, 1.54) is 4.57 Å². The maximum atomic E-state index is 12.6. The zero-order valence-corrected chi connectivity index (χ0v) is 17.3. The van der Waals surface area contributed by atoms with Crippen LogP contribution >= 0.6 is 0 Å². The molecule has 0 aromatic carbocycles. The SMILES string of the molecule is CCCCn1c(N)c(N(CCC(C)C)CC(=O)Nc2ccncc2)c(=O)[nH]c1=O. The minimum Gasteiger partial charge on any atom is -0.383 e. The second-order valence-electron chi connectivity index (χ2n) is 7.39. The van der Waals surface area contributed by atoms with Crippen LogP contribution in [0.2, 0.25) is 0 Å². The van der Waals surface area contributed by atoms with Crippen molar-refractivity contribution in [3.05, 3.63) is 45.4 Å². The van der Waals surface area contributed by atoms with Crippen molar-refractivity contribution in [2.24, 2.45) is 5.92 Å². The first-order valence-corrected chi connectivity index (χ1v) is 9.90. The summed E-state index contributed by atoms with van der Waals surface area (Å²) < 4.78 is 1.36. The van der Waals surface area contributed by atoms with Crippen LogP contribution in [-0.2, 0) is 11.3 Å². The molecular formula is C20H30N6O3. The number of hydrogen-bond donors (Lipinski definition) is 3. The standard InChI is InChI=1S/C20H30N6O3/c1-4-5-11-26-18(21)17(19(28)24-20(26)29)25(12-8-14(2)3)13-16(27)23-15-6-9-22-10-7-15/h6-7,9-10,14H,4-5,8,11-13,21H2,1-3H3,(H,22,23,27)(H,24,28,29). The van der Waals surface area contributed by atoms with Crippen LogP contribution in [0.15, 0.2) is 34.1 Å². The predicted octanol–water partition coefficient (Wildman–Crippen LogP) is 1.81. The predicted molar refractivity (Wildman–Crippen MR) is 115 cm³/mol. The summed E-state index contributed by atoms with van der Waals surface area (Å²) in [6.45, 7) is 6.93. The molecule has 0 radical (unpaired) electrons. The molecule has 0 bridgehead atoms. The number of nitrogen functional groups attached to an aromatic ring is 1. The molecule has 0 aliphatic rings. The number of carbonyl (C=O) groups excluding carboxylic acids is 1. The second-order valence-corrected chi connectivity index (χ2v) is 7.39.